The molecular formula is C18H18INO4. The number of carbonyl (C=O) groups is 2. The number of carboxylic acid groups (broad SMARTS) is 1. The van der Waals surface area contributed by atoms with Gasteiger partial charge in [0, 0.05) is 9.99 Å². The topological polar surface area (TPSA) is 75.6 Å². The summed E-state index contributed by atoms with van der Waals surface area (Å²) in [5.74, 6) is -1.50. The quantitative estimate of drug-likeness (QED) is 0.621. The Hall–Kier alpha value is -1.93. The molecule has 0 saturated heterocycles. The SMILES string of the molecule is O=C(COCc1ccccc1)N[C@H](Cc1ccccc1I)C(=O)O. The molecule has 2 aromatic carbocycles. The number of carboxylic acids is 1. The summed E-state index contributed by atoms with van der Waals surface area (Å²) >= 11 is 2.15. The van der Waals surface area contributed by atoms with Gasteiger partial charge in [-0.05, 0) is 39.8 Å². The molecule has 0 radical (unpaired) electrons. The van der Waals surface area contributed by atoms with Crippen LogP contribution in [0.15, 0.2) is 54.6 Å². The van der Waals surface area contributed by atoms with E-state index in [9.17, 15) is 14.7 Å². The van der Waals surface area contributed by atoms with Crippen LogP contribution in [0.4, 0.5) is 0 Å². The van der Waals surface area contributed by atoms with Crippen LogP contribution in [-0.2, 0) is 27.4 Å². The van der Waals surface area contributed by atoms with Gasteiger partial charge in [-0.1, -0.05) is 48.5 Å². The maximum atomic E-state index is 11.9. The predicted molar refractivity (Wildman–Crippen MR) is 98.5 cm³/mol. The molecule has 2 aromatic rings. The zero-order valence-corrected chi connectivity index (χ0v) is 15.1. The van der Waals surface area contributed by atoms with Crippen LogP contribution < -0.4 is 5.32 Å². The first-order valence-electron chi connectivity index (χ1n) is 7.43. The van der Waals surface area contributed by atoms with Crippen LogP contribution in [0.1, 0.15) is 11.1 Å². The van der Waals surface area contributed by atoms with E-state index in [0.717, 1.165) is 14.7 Å². The molecular weight excluding hydrogens is 421 g/mol. The molecule has 0 aliphatic heterocycles. The van der Waals surface area contributed by atoms with Gasteiger partial charge in [0.1, 0.15) is 12.6 Å². The van der Waals surface area contributed by atoms with Crippen molar-refractivity contribution in [3.8, 4) is 0 Å². The maximum absolute atomic E-state index is 11.9. The zero-order chi connectivity index (χ0) is 17.4. The second-order valence-electron chi connectivity index (χ2n) is 5.23. The highest BCUT2D eigenvalue weighted by atomic mass is 127. The molecule has 126 valence electrons. The first-order valence-corrected chi connectivity index (χ1v) is 8.51. The summed E-state index contributed by atoms with van der Waals surface area (Å²) in [4.78, 5) is 23.3. The van der Waals surface area contributed by atoms with E-state index < -0.39 is 17.9 Å². The minimum atomic E-state index is -1.06. The molecule has 0 saturated carbocycles. The Morgan fingerprint density at radius 3 is 2.42 bits per heavy atom. The summed E-state index contributed by atoms with van der Waals surface area (Å²) in [7, 11) is 0. The van der Waals surface area contributed by atoms with Crippen LogP contribution in [0.25, 0.3) is 0 Å². The molecule has 2 rings (SSSR count). The van der Waals surface area contributed by atoms with Crippen molar-refractivity contribution in [2.75, 3.05) is 6.61 Å². The number of hydrogen-bond donors (Lipinski definition) is 2. The lowest BCUT2D eigenvalue weighted by Crippen LogP contribution is -2.44. The molecule has 0 spiro atoms. The van der Waals surface area contributed by atoms with Crippen molar-refractivity contribution in [2.45, 2.75) is 19.1 Å². The average Bonchev–Trinajstić information content (AvgIpc) is 2.57. The first-order chi connectivity index (χ1) is 11.6. The number of ether oxygens (including phenoxy) is 1. The van der Waals surface area contributed by atoms with Gasteiger partial charge in [0.25, 0.3) is 0 Å². The molecule has 0 fully saturated rings. The second-order valence-corrected chi connectivity index (χ2v) is 6.39. The molecule has 5 nitrogen and oxygen atoms in total. The van der Waals surface area contributed by atoms with E-state index in [4.69, 9.17) is 4.74 Å². The van der Waals surface area contributed by atoms with Gasteiger partial charge in [-0.2, -0.15) is 0 Å². The van der Waals surface area contributed by atoms with Crippen LogP contribution in [0.3, 0.4) is 0 Å². The Morgan fingerprint density at radius 1 is 1.08 bits per heavy atom. The van der Waals surface area contributed by atoms with Crippen molar-refractivity contribution in [3.63, 3.8) is 0 Å². The second kappa shape index (κ2) is 9.39. The third-order valence-electron chi connectivity index (χ3n) is 3.36. The van der Waals surface area contributed by atoms with Gasteiger partial charge in [0.05, 0.1) is 6.61 Å². The van der Waals surface area contributed by atoms with E-state index in [2.05, 4.69) is 27.9 Å². The summed E-state index contributed by atoms with van der Waals surface area (Å²) in [6.45, 7) is 0.132. The normalized spacial score (nSPS) is 11.7. The molecule has 1 amide bonds. The summed E-state index contributed by atoms with van der Waals surface area (Å²) in [5, 5.41) is 11.8. The lowest BCUT2D eigenvalue weighted by atomic mass is 10.1. The van der Waals surface area contributed by atoms with Crippen molar-refractivity contribution in [2.24, 2.45) is 0 Å². The fourth-order valence-electron chi connectivity index (χ4n) is 2.16. The molecule has 24 heavy (non-hydrogen) atoms. The van der Waals surface area contributed by atoms with E-state index in [1.54, 1.807) is 0 Å². The van der Waals surface area contributed by atoms with E-state index >= 15 is 0 Å². The van der Waals surface area contributed by atoms with Crippen LogP contribution in [0.2, 0.25) is 0 Å². The Kier molecular flexibility index (Phi) is 7.20. The fourth-order valence-corrected chi connectivity index (χ4v) is 2.76. The van der Waals surface area contributed by atoms with E-state index in [0.29, 0.717) is 6.61 Å². The van der Waals surface area contributed by atoms with Gasteiger partial charge in [-0.15, -0.1) is 0 Å². The summed E-state index contributed by atoms with van der Waals surface area (Å²) in [6, 6.07) is 16.0. The standard InChI is InChI=1S/C18H18INO4/c19-15-9-5-4-8-14(15)10-16(18(22)23)20-17(21)12-24-11-13-6-2-1-3-7-13/h1-9,16H,10-12H2,(H,20,21)(H,22,23)/t16-/m1/s1. The molecule has 0 aromatic heterocycles. The number of nitrogens with one attached hydrogen (secondary N) is 1. The summed E-state index contributed by atoms with van der Waals surface area (Å²) < 4.78 is 6.30. The van der Waals surface area contributed by atoms with Gasteiger partial charge in [0.2, 0.25) is 5.91 Å². The molecule has 0 heterocycles. The molecule has 0 bridgehead atoms. The maximum Gasteiger partial charge on any atom is 0.326 e. The highest BCUT2D eigenvalue weighted by Gasteiger charge is 2.21. The van der Waals surface area contributed by atoms with E-state index in [1.165, 1.54) is 0 Å². The van der Waals surface area contributed by atoms with Gasteiger partial charge in [-0.3, -0.25) is 4.79 Å². The third kappa shape index (κ3) is 5.93. The van der Waals surface area contributed by atoms with Crippen LogP contribution in [0.5, 0.6) is 0 Å². The van der Waals surface area contributed by atoms with Gasteiger partial charge in [0.15, 0.2) is 0 Å². The molecule has 1 atom stereocenters. The molecule has 0 aliphatic carbocycles. The number of amides is 1. The molecule has 2 N–H and O–H groups in total. The largest absolute Gasteiger partial charge is 0.480 e. The predicted octanol–water partition coefficient (Wildman–Crippen LogP) is 2.62. The zero-order valence-electron chi connectivity index (χ0n) is 12.9. The number of rotatable bonds is 8. The minimum absolute atomic E-state index is 0.176. The number of halogens is 1. The average molecular weight is 439 g/mol. The Bertz CT molecular complexity index is 690. The van der Waals surface area contributed by atoms with Crippen LogP contribution in [-0.4, -0.2) is 29.6 Å². The highest BCUT2D eigenvalue weighted by molar-refractivity contribution is 14.1. The minimum Gasteiger partial charge on any atom is -0.480 e. The van der Waals surface area contributed by atoms with Gasteiger partial charge >= 0.3 is 5.97 Å². The molecule has 6 heteroatoms. The van der Waals surface area contributed by atoms with Gasteiger partial charge in [-0.25, -0.2) is 4.79 Å². The molecule has 0 aliphatic rings. The van der Waals surface area contributed by atoms with Gasteiger partial charge < -0.3 is 15.2 Å². The lowest BCUT2D eigenvalue weighted by Gasteiger charge is -2.15. The molecule has 0 unspecified atom stereocenters. The summed E-state index contributed by atoms with van der Waals surface area (Å²) in [5.41, 5.74) is 1.84. The van der Waals surface area contributed by atoms with Crippen LogP contribution in [0, 0.1) is 3.57 Å². The lowest BCUT2D eigenvalue weighted by molar-refractivity contribution is -0.142. The van der Waals surface area contributed by atoms with Crippen LogP contribution >= 0.6 is 22.6 Å². The fraction of sp³-hybridized carbons (Fsp3) is 0.222. The van der Waals surface area contributed by atoms with E-state index in [-0.39, 0.29) is 13.0 Å². The number of aliphatic carboxylic acids is 1. The monoisotopic (exact) mass is 439 g/mol. The highest BCUT2D eigenvalue weighted by Crippen LogP contribution is 2.13. The Balaban J connectivity index is 1.85. The Morgan fingerprint density at radius 2 is 1.75 bits per heavy atom. The smallest absolute Gasteiger partial charge is 0.326 e. The van der Waals surface area contributed by atoms with Crippen molar-refractivity contribution >= 4 is 34.5 Å². The Labute approximate surface area is 154 Å². The van der Waals surface area contributed by atoms with Crippen molar-refractivity contribution < 1.29 is 19.4 Å². The summed E-state index contributed by atoms with van der Waals surface area (Å²) in [6.07, 6.45) is 0.235. The van der Waals surface area contributed by atoms with Crippen molar-refractivity contribution in [1.29, 1.82) is 0 Å². The number of benzene rings is 2. The number of hydrogen-bond acceptors (Lipinski definition) is 3. The first kappa shape index (κ1) is 18.4. The number of carbonyl (C=O) groups excluding carboxylic acids is 1. The van der Waals surface area contributed by atoms with E-state index in [1.807, 2.05) is 54.6 Å². The third-order valence-corrected chi connectivity index (χ3v) is 4.41. The van der Waals surface area contributed by atoms with Crippen molar-refractivity contribution in [1.82, 2.24) is 5.32 Å². The van der Waals surface area contributed by atoms with Crippen molar-refractivity contribution in [3.05, 3.63) is 69.3 Å².